The van der Waals surface area contributed by atoms with E-state index < -0.39 is 6.17 Å². The molecule has 0 saturated carbocycles. The quantitative estimate of drug-likeness (QED) is 0.878. The number of aromatic nitrogens is 1. The third-order valence-electron chi connectivity index (χ3n) is 3.14. The van der Waals surface area contributed by atoms with Crippen molar-refractivity contribution in [1.82, 2.24) is 10.3 Å². The van der Waals surface area contributed by atoms with Crippen molar-refractivity contribution in [2.75, 3.05) is 13.1 Å². The van der Waals surface area contributed by atoms with Crippen molar-refractivity contribution in [3.8, 4) is 5.75 Å². The van der Waals surface area contributed by atoms with Crippen LogP contribution in [0.5, 0.6) is 5.75 Å². The van der Waals surface area contributed by atoms with Crippen LogP contribution in [0.25, 0.3) is 0 Å². The summed E-state index contributed by atoms with van der Waals surface area (Å²) < 4.78 is 19.3. The molecule has 4 heteroatoms. The first kappa shape index (κ1) is 13.3. The average Bonchev–Trinajstić information content (AvgIpc) is 2.32. The lowest BCUT2D eigenvalue weighted by Crippen LogP contribution is -2.44. The number of halogens is 1. The van der Waals surface area contributed by atoms with Gasteiger partial charge in [0.1, 0.15) is 18.0 Å². The number of hydrogen-bond donors (Lipinski definition) is 1. The number of nitrogens with zero attached hydrogens (tertiary/aromatic N) is 1. The molecule has 0 spiro atoms. The highest BCUT2D eigenvalue weighted by Crippen LogP contribution is 2.23. The van der Waals surface area contributed by atoms with Crippen LogP contribution in [0.4, 0.5) is 4.39 Å². The monoisotopic (exact) mass is 252 g/mol. The van der Waals surface area contributed by atoms with E-state index in [4.69, 9.17) is 4.74 Å². The van der Waals surface area contributed by atoms with Crippen molar-refractivity contribution in [3.05, 3.63) is 24.0 Å². The minimum absolute atomic E-state index is 0.0237. The largest absolute Gasteiger partial charge is 0.486 e. The van der Waals surface area contributed by atoms with E-state index in [2.05, 4.69) is 31.1 Å². The van der Waals surface area contributed by atoms with Crippen LogP contribution in [0.1, 0.15) is 32.9 Å². The summed E-state index contributed by atoms with van der Waals surface area (Å²) in [4.78, 5) is 4.38. The van der Waals surface area contributed by atoms with Gasteiger partial charge in [0.15, 0.2) is 0 Å². The Morgan fingerprint density at radius 3 is 2.72 bits per heavy atom. The number of pyridine rings is 1. The topological polar surface area (TPSA) is 34.1 Å². The summed E-state index contributed by atoms with van der Waals surface area (Å²) in [6.45, 7) is 7.51. The number of hydrogen-bond acceptors (Lipinski definition) is 3. The van der Waals surface area contributed by atoms with Crippen LogP contribution in [-0.4, -0.2) is 30.3 Å². The zero-order valence-corrected chi connectivity index (χ0v) is 11.2. The predicted molar refractivity (Wildman–Crippen MR) is 69.7 cm³/mol. The molecular formula is C14H21FN2O. The number of rotatable bonds is 2. The van der Waals surface area contributed by atoms with Gasteiger partial charge in [0.2, 0.25) is 0 Å². The normalized spacial score (nSPS) is 24.9. The average molecular weight is 252 g/mol. The van der Waals surface area contributed by atoms with Gasteiger partial charge in [-0.3, -0.25) is 4.98 Å². The maximum atomic E-state index is 13.6. The first-order valence-electron chi connectivity index (χ1n) is 6.45. The first-order chi connectivity index (χ1) is 8.47. The Kier molecular flexibility index (Phi) is 3.85. The standard InChI is InChI=1S/C14H21FN2O/c1-14(2,3)13-5-4-10(8-17-13)18-12-6-7-16-9-11(12)15/h4-5,8,11-12,16H,6-7,9H2,1-3H3. The molecule has 1 aliphatic rings. The van der Waals surface area contributed by atoms with Gasteiger partial charge >= 0.3 is 0 Å². The van der Waals surface area contributed by atoms with Gasteiger partial charge in [-0.15, -0.1) is 0 Å². The van der Waals surface area contributed by atoms with E-state index in [0.717, 1.165) is 12.2 Å². The zero-order valence-electron chi connectivity index (χ0n) is 11.2. The Labute approximate surface area is 108 Å². The fraction of sp³-hybridized carbons (Fsp3) is 0.643. The second-order valence-corrected chi connectivity index (χ2v) is 5.79. The van der Waals surface area contributed by atoms with Gasteiger partial charge in [0, 0.05) is 17.7 Å². The van der Waals surface area contributed by atoms with Gasteiger partial charge in [0.05, 0.1) is 6.20 Å². The van der Waals surface area contributed by atoms with Crippen molar-refractivity contribution in [3.63, 3.8) is 0 Å². The van der Waals surface area contributed by atoms with Gasteiger partial charge < -0.3 is 10.1 Å². The van der Waals surface area contributed by atoms with Gasteiger partial charge in [-0.25, -0.2) is 4.39 Å². The lowest BCUT2D eigenvalue weighted by atomic mass is 9.92. The maximum Gasteiger partial charge on any atom is 0.149 e. The van der Waals surface area contributed by atoms with Gasteiger partial charge in [0.25, 0.3) is 0 Å². The summed E-state index contributed by atoms with van der Waals surface area (Å²) in [5.74, 6) is 0.651. The Balaban J connectivity index is 2.02. The molecule has 18 heavy (non-hydrogen) atoms. The molecule has 1 saturated heterocycles. The number of piperidine rings is 1. The van der Waals surface area contributed by atoms with Crippen molar-refractivity contribution in [1.29, 1.82) is 0 Å². The van der Waals surface area contributed by atoms with Crippen molar-refractivity contribution < 1.29 is 9.13 Å². The molecule has 1 aromatic rings. The molecule has 3 nitrogen and oxygen atoms in total. The third kappa shape index (κ3) is 3.19. The van der Waals surface area contributed by atoms with Gasteiger partial charge in [-0.05, 0) is 25.1 Å². The molecule has 2 heterocycles. The van der Waals surface area contributed by atoms with Crippen molar-refractivity contribution >= 4 is 0 Å². The van der Waals surface area contributed by atoms with Crippen LogP contribution in [0, 0.1) is 0 Å². The summed E-state index contributed by atoms with van der Waals surface area (Å²) in [5.41, 5.74) is 1.03. The highest BCUT2D eigenvalue weighted by molar-refractivity contribution is 5.23. The van der Waals surface area contributed by atoms with E-state index in [1.165, 1.54) is 0 Å². The molecule has 0 aliphatic carbocycles. The van der Waals surface area contributed by atoms with Crippen molar-refractivity contribution in [2.24, 2.45) is 0 Å². The summed E-state index contributed by atoms with van der Waals surface area (Å²) in [6, 6.07) is 3.83. The van der Waals surface area contributed by atoms with E-state index in [9.17, 15) is 4.39 Å². The fourth-order valence-electron chi connectivity index (χ4n) is 2.00. The molecular weight excluding hydrogens is 231 g/mol. The molecule has 2 atom stereocenters. The Morgan fingerprint density at radius 2 is 2.17 bits per heavy atom. The van der Waals surface area contributed by atoms with E-state index in [-0.39, 0.29) is 11.5 Å². The molecule has 1 aromatic heterocycles. The summed E-state index contributed by atoms with van der Waals surface area (Å²) in [6.07, 6.45) is 1.09. The Hall–Kier alpha value is -1.16. The van der Waals surface area contributed by atoms with Crippen LogP contribution in [0.15, 0.2) is 18.3 Å². The van der Waals surface area contributed by atoms with Gasteiger partial charge in [-0.2, -0.15) is 0 Å². The molecule has 1 fully saturated rings. The minimum atomic E-state index is -0.943. The highest BCUT2D eigenvalue weighted by atomic mass is 19.1. The molecule has 0 aromatic carbocycles. The second-order valence-electron chi connectivity index (χ2n) is 5.79. The molecule has 0 radical (unpaired) electrons. The number of alkyl halides is 1. The summed E-state index contributed by atoms with van der Waals surface area (Å²) in [7, 11) is 0. The zero-order chi connectivity index (χ0) is 13.2. The molecule has 100 valence electrons. The molecule has 1 N–H and O–H groups in total. The third-order valence-corrected chi connectivity index (χ3v) is 3.14. The summed E-state index contributed by atoms with van der Waals surface area (Å²) >= 11 is 0. The fourth-order valence-corrected chi connectivity index (χ4v) is 2.00. The summed E-state index contributed by atoms with van der Waals surface area (Å²) in [5, 5.41) is 3.01. The van der Waals surface area contributed by atoms with E-state index >= 15 is 0 Å². The Bertz CT molecular complexity index is 386. The predicted octanol–water partition coefficient (Wildman–Crippen LogP) is 2.46. The number of ether oxygens (including phenoxy) is 1. The molecule has 2 rings (SSSR count). The van der Waals surface area contributed by atoms with Crippen LogP contribution in [0.2, 0.25) is 0 Å². The SMILES string of the molecule is CC(C)(C)c1ccc(OC2CCNCC2F)cn1. The van der Waals surface area contributed by atoms with Crippen molar-refractivity contribution in [2.45, 2.75) is 44.9 Å². The minimum Gasteiger partial charge on any atom is -0.486 e. The second kappa shape index (κ2) is 5.22. The lowest BCUT2D eigenvalue weighted by Gasteiger charge is -2.27. The highest BCUT2D eigenvalue weighted by Gasteiger charge is 2.26. The van der Waals surface area contributed by atoms with Crippen LogP contribution in [-0.2, 0) is 5.41 Å². The van der Waals surface area contributed by atoms with E-state index in [1.807, 2.05) is 12.1 Å². The van der Waals surface area contributed by atoms with Crippen LogP contribution < -0.4 is 10.1 Å². The molecule has 1 aliphatic heterocycles. The van der Waals surface area contributed by atoms with E-state index in [0.29, 0.717) is 18.7 Å². The van der Waals surface area contributed by atoms with Gasteiger partial charge in [-0.1, -0.05) is 20.8 Å². The molecule has 0 amide bonds. The van der Waals surface area contributed by atoms with Crippen LogP contribution >= 0.6 is 0 Å². The molecule has 2 unspecified atom stereocenters. The van der Waals surface area contributed by atoms with Crippen LogP contribution in [0.3, 0.4) is 0 Å². The first-order valence-corrected chi connectivity index (χ1v) is 6.45. The molecule has 0 bridgehead atoms. The van der Waals surface area contributed by atoms with E-state index in [1.54, 1.807) is 6.20 Å². The maximum absolute atomic E-state index is 13.6. The lowest BCUT2D eigenvalue weighted by molar-refractivity contribution is 0.0728. The number of nitrogens with one attached hydrogen (secondary N) is 1. The smallest absolute Gasteiger partial charge is 0.149 e. The Morgan fingerprint density at radius 1 is 1.39 bits per heavy atom.